The average Bonchev–Trinajstić information content (AvgIpc) is 3.20. The molecule has 0 aliphatic carbocycles. The van der Waals surface area contributed by atoms with Crippen molar-refractivity contribution >= 4 is 39.5 Å². The number of aryl methyl sites for hydroxylation is 1. The molecule has 5 aromatic rings. The minimum Gasteiger partial charge on any atom is -0.310 e. The quantitative estimate of drug-likeness (QED) is 0.107. The Hall–Kier alpha value is -6.38. The Morgan fingerprint density at radius 1 is 0.623 bits per heavy atom. The van der Waals surface area contributed by atoms with Gasteiger partial charge >= 0.3 is 0 Å². The summed E-state index contributed by atoms with van der Waals surface area (Å²) in [6.45, 7) is 23.0. The van der Waals surface area contributed by atoms with Gasteiger partial charge in [0.25, 0.3) is 0 Å². The van der Waals surface area contributed by atoms with Crippen molar-refractivity contribution < 1.29 is 0 Å². The lowest BCUT2D eigenvalue weighted by molar-refractivity contribution is 1.15. The minimum absolute atomic E-state index is 0.943. The molecule has 5 aromatic carbocycles. The highest BCUT2D eigenvalue weighted by Gasteiger charge is 2.19. The molecule has 0 spiro atoms. The number of rotatable bonds is 14. The molecule has 0 saturated heterocycles. The summed E-state index contributed by atoms with van der Waals surface area (Å²) in [4.78, 5) is 4.54. The first-order valence-corrected chi connectivity index (χ1v) is 18.2. The standard InChI is InChI=1S/C51H50N2/c1-9-16-27-45(13-5)52(51-31-21-25-42-24-17-18-29-49(42)51)46(14-6)36-39(11-3)40-32-34-41(35-33-40)43-26-20-28-47(37-43)53(44(12-4)22-10-2)50-30-19-23-38(8)48(50)15-7/h9-37H,5-7H2,1-4,8H3/b16-9-,22-10-,39-11+,44-12+,45-27+,46-36+. The van der Waals surface area contributed by atoms with Gasteiger partial charge in [0.1, 0.15) is 0 Å². The van der Waals surface area contributed by atoms with E-state index in [4.69, 9.17) is 0 Å². The molecular formula is C51H50N2. The van der Waals surface area contributed by atoms with Crippen LogP contribution in [0.15, 0.2) is 207 Å². The van der Waals surface area contributed by atoms with E-state index in [1.807, 2.05) is 37.3 Å². The van der Waals surface area contributed by atoms with Gasteiger partial charge in [0.15, 0.2) is 0 Å². The zero-order valence-corrected chi connectivity index (χ0v) is 31.8. The van der Waals surface area contributed by atoms with E-state index in [9.17, 15) is 0 Å². The predicted molar refractivity (Wildman–Crippen MR) is 235 cm³/mol. The van der Waals surface area contributed by atoms with Crippen LogP contribution in [0.2, 0.25) is 0 Å². The molecule has 53 heavy (non-hydrogen) atoms. The summed E-state index contributed by atoms with van der Waals surface area (Å²) in [5.74, 6) is 0. The number of allylic oxidation sites excluding steroid dienone is 11. The fourth-order valence-corrected chi connectivity index (χ4v) is 6.67. The van der Waals surface area contributed by atoms with Gasteiger partial charge in [0.2, 0.25) is 0 Å². The molecule has 0 N–H and O–H groups in total. The fraction of sp³-hybridized carbons (Fsp3) is 0.0980. The fourth-order valence-electron chi connectivity index (χ4n) is 6.67. The molecule has 0 aromatic heterocycles. The summed E-state index contributed by atoms with van der Waals surface area (Å²) in [5, 5.41) is 2.32. The minimum atomic E-state index is 0.943. The van der Waals surface area contributed by atoms with Crippen molar-refractivity contribution in [1.29, 1.82) is 0 Å². The van der Waals surface area contributed by atoms with Crippen LogP contribution >= 0.6 is 0 Å². The van der Waals surface area contributed by atoms with E-state index in [-0.39, 0.29) is 0 Å². The van der Waals surface area contributed by atoms with Gasteiger partial charge in [0.05, 0.1) is 11.4 Å². The molecule has 264 valence electrons. The van der Waals surface area contributed by atoms with Gasteiger partial charge in [-0.15, -0.1) is 0 Å². The van der Waals surface area contributed by atoms with Gasteiger partial charge in [-0.25, -0.2) is 0 Å². The number of benzene rings is 5. The Morgan fingerprint density at radius 2 is 1.32 bits per heavy atom. The summed E-state index contributed by atoms with van der Waals surface area (Å²) in [6, 6.07) is 38.8. The maximum Gasteiger partial charge on any atom is 0.0540 e. The molecule has 0 aliphatic rings. The predicted octanol–water partition coefficient (Wildman–Crippen LogP) is 14.7. The van der Waals surface area contributed by atoms with Gasteiger partial charge in [-0.1, -0.05) is 141 Å². The second kappa shape index (κ2) is 18.2. The summed E-state index contributed by atoms with van der Waals surface area (Å²) in [6.07, 6.45) is 22.6. The molecule has 0 saturated carbocycles. The first kappa shape index (κ1) is 37.9. The smallest absolute Gasteiger partial charge is 0.0540 e. The Bertz CT molecular complexity index is 2280. The van der Waals surface area contributed by atoms with E-state index in [1.165, 1.54) is 10.9 Å². The Morgan fingerprint density at radius 3 is 2.00 bits per heavy atom. The number of nitrogens with zero attached hydrogens (tertiary/aromatic N) is 2. The molecule has 0 aliphatic heterocycles. The van der Waals surface area contributed by atoms with Gasteiger partial charge in [-0.3, -0.25) is 0 Å². The highest BCUT2D eigenvalue weighted by Crippen LogP contribution is 2.38. The van der Waals surface area contributed by atoms with E-state index in [0.29, 0.717) is 0 Å². The lowest BCUT2D eigenvalue weighted by Gasteiger charge is -2.29. The Kier molecular flexibility index (Phi) is 13.0. The van der Waals surface area contributed by atoms with Crippen molar-refractivity contribution in [3.8, 4) is 11.1 Å². The van der Waals surface area contributed by atoms with E-state index in [0.717, 1.165) is 67.4 Å². The molecule has 0 unspecified atom stereocenters. The van der Waals surface area contributed by atoms with Crippen molar-refractivity contribution in [1.82, 2.24) is 0 Å². The first-order valence-electron chi connectivity index (χ1n) is 18.2. The van der Waals surface area contributed by atoms with E-state index in [1.54, 1.807) is 0 Å². The van der Waals surface area contributed by atoms with Gasteiger partial charge in [-0.05, 0) is 122 Å². The van der Waals surface area contributed by atoms with Crippen LogP contribution in [0.1, 0.15) is 44.4 Å². The number of hydrogen-bond donors (Lipinski definition) is 0. The zero-order chi connectivity index (χ0) is 37.7. The topological polar surface area (TPSA) is 6.48 Å². The highest BCUT2D eigenvalue weighted by molar-refractivity contribution is 5.96. The Balaban J connectivity index is 1.56. The summed E-state index contributed by atoms with van der Waals surface area (Å²) >= 11 is 0. The molecule has 0 amide bonds. The molecule has 0 bridgehead atoms. The first-order chi connectivity index (χ1) is 25.9. The lowest BCUT2D eigenvalue weighted by Crippen LogP contribution is -2.20. The summed E-state index contributed by atoms with van der Waals surface area (Å²) in [7, 11) is 0. The van der Waals surface area contributed by atoms with Crippen LogP contribution < -0.4 is 9.80 Å². The number of hydrogen-bond acceptors (Lipinski definition) is 2. The molecule has 2 heteroatoms. The SMILES string of the molecule is C=C/C(=C\C=C/C)N(/C(C=C)=C/C(=C\C)c1ccc(-c2cccc(N(C(/C=C\C)=C/C)c3cccc(C)c3C=C)c2)cc1)c1cccc2ccccc12. The molecule has 0 fully saturated rings. The number of anilines is 3. The van der Waals surface area contributed by atoms with Crippen molar-refractivity contribution in [2.45, 2.75) is 34.6 Å². The van der Waals surface area contributed by atoms with Crippen molar-refractivity contribution in [2.24, 2.45) is 0 Å². The van der Waals surface area contributed by atoms with Crippen LogP contribution in [0.25, 0.3) is 33.5 Å². The maximum absolute atomic E-state index is 4.27. The maximum atomic E-state index is 4.27. The molecule has 0 atom stereocenters. The van der Waals surface area contributed by atoms with Crippen molar-refractivity contribution in [2.75, 3.05) is 9.80 Å². The van der Waals surface area contributed by atoms with Gasteiger partial charge in [-0.2, -0.15) is 0 Å². The van der Waals surface area contributed by atoms with Crippen LogP contribution in [-0.2, 0) is 0 Å². The van der Waals surface area contributed by atoms with Gasteiger partial charge < -0.3 is 9.80 Å². The number of fused-ring (bicyclic) bond motifs is 1. The normalized spacial score (nSPS) is 12.8. The molecule has 5 rings (SSSR count). The van der Waals surface area contributed by atoms with E-state index in [2.05, 4.69) is 203 Å². The van der Waals surface area contributed by atoms with Crippen molar-refractivity contribution in [3.05, 3.63) is 223 Å². The van der Waals surface area contributed by atoms with Crippen LogP contribution in [0.5, 0.6) is 0 Å². The summed E-state index contributed by atoms with van der Waals surface area (Å²) < 4.78 is 0. The van der Waals surface area contributed by atoms with E-state index < -0.39 is 0 Å². The highest BCUT2D eigenvalue weighted by atomic mass is 15.2. The van der Waals surface area contributed by atoms with E-state index >= 15 is 0 Å². The van der Waals surface area contributed by atoms with Crippen LogP contribution in [0, 0.1) is 6.92 Å². The van der Waals surface area contributed by atoms with Crippen LogP contribution in [0.3, 0.4) is 0 Å². The third kappa shape index (κ3) is 8.41. The largest absolute Gasteiger partial charge is 0.310 e. The molecule has 0 radical (unpaired) electrons. The molecular weight excluding hydrogens is 641 g/mol. The monoisotopic (exact) mass is 690 g/mol. The second-order valence-corrected chi connectivity index (χ2v) is 12.6. The average molecular weight is 691 g/mol. The van der Waals surface area contributed by atoms with Crippen LogP contribution in [0.4, 0.5) is 17.1 Å². The molecule has 0 heterocycles. The molecule has 2 nitrogen and oxygen atoms in total. The van der Waals surface area contributed by atoms with Gasteiger partial charge in [0, 0.05) is 33.7 Å². The lowest BCUT2D eigenvalue weighted by atomic mass is 9.98. The van der Waals surface area contributed by atoms with Crippen LogP contribution in [-0.4, -0.2) is 0 Å². The zero-order valence-electron chi connectivity index (χ0n) is 31.8. The second-order valence-electron chi connectivity index (χ2n) is 12.6. The third-order valence-corrected chi connectivity index (χ3v) is 9.31. The third-order valence-electron chi connectivity index (χ3n) is 9.31. The van der Waals surface area contributed by atoms with Crippen molar-refractivity contribution in [3.63, 3.8) is 0 Å². The summed E-state index contributed by atoms with van der Waals surface area (Å²) in [5.41, 5.74) is 13.0. The Labute approximate surface area is 317 Å².